The van der Waals surface area contributed by atoms with Gasteiger partial charge in [0.2, 0.25) is 0 Å². The van der Waals surface area contributed by atoms with Crippen LogP contribution in [0.5, 0.6) is 0 Å². The predicted octanol–water partition coefficient (Wildman–Crippen LogP) is 2.66. The third-order valence-corrected chi connectivity index (χ3v) is 3.83. The summed E-state index contributed by atoms with van der Waals surface area (Å²) in [5, 5.41) is 4.45. The number of hydrogen-bond acceptors (Lipinski definition) is 0. The maximum absolute atomic E-state index is 4.45. The summed E-state index contributed by atoms with van der Waals surface area (Å²) in [6, 6.07) is 7.16. The first-order valence-corrected chi connectivity index (χ1v) is 6.18. The smallest absolute Gasteiger partial charge is 0.0202 e. The van der Waals surface area contributed by atoms with Crippen molar-refractivity contribution in [3.05, 3.63) is 34.9 Å². The van der Waals surface area contributed by atoms with Gasteiger partial charge in [0.05, 0.1) is 0 Å². The maximum Gasteiger partial charge on any atom is 0.0202 e. The van der Waals surface area contributed by atoms with Gasteiger partial charge in [0.15, 0.2) is 0 Å². The fourth-order valence-corrected chi connectivity index (χ4v) is 2.86. The van der Waals surface area contributed by atoms with Gasteiger partial charge in [0.1, 0.15) is 0 Å². The van der Waals surface area contributed by atoms with Gasteiger partial charge in [-0.2, -0.15) is 0 Å². The van der Waals surface area contributed by atoms with Gasteiger partial charge in [0.25, 0.3) is 0 Å². The molecule has 1 atom stereocenters. The van der Waals surface area contributed by atoms with E-state index in [1.54, 1.807) is 11.1 Å². The average molecular weight is 200 g/mol. The maximum atomic E-state index is 4.45. The summed E-state index contributed by atoms with van der Waals surface area (Å²) in [4.78, 5) is 0. The molecule has 0 N–H and O–H groups in total. The first-order valence-electron chi connectivity index (χ1n) is 6.18. The molecule has 1 aromatic rings. The average Bonchev–Trinajstić information content (AvgIpc) is 2.82. The van der Waals surface area contributed by atoms with Crippen LogP contribution in [0, 0.1) is 0 Å². The quantitative estimate of drug-likeness (QED) is 0.661. The van der Waals surface area contributed by atoms with E-state index < -0.39 is 0 Å². The molecule has 1 fully saturated rings. The van der Waals surface area contributed by atoms with Crippen molar-refractivity contribution in [1.82, 2.24) is 5.32 Å². The zero-order valence-electron chi connectivity index (χ0n) is 9.21. The fraction of sp³-hybridized carbons (Fsp3) is 0.571. The minimum atomic E-state index is 0.720. The number of benzene rings is 1. The molecule has 1 radical (unpaired) electrons. The van der Waals surface area contributed by atoms with E-state index in [0.29, 0.717) is 0 Å². The zero-order chi connectivity index (χ0) is 10.1. The Hall–Kier alpha value is -0.820. The van der Waals surface area contributed by atoms with Crippen molar-refractivity contribution < 1.29 is 0 Å². The summed E-state index contributed by atoms with van der Waals surface area (Å²) in [5.41, 5.74) is 4.75. The van der Waals surface area contributed by atoms with Gasteiger partial charge in [-0.1, -0.05) is 18.2 Å². The number of fused-ring (bicyclic) bond motifs is 1. The van der Waals surface area contributed by atoms with Gasteiger partial charge in [-0.05, 0) is 54.7 Å². The first kappa shape index (κ1) is 9.41. The van der Waals surface area contributed by atoms with Crippen molar-refractivity contribution in [2.45, 2.75) is 38.0 Å². The topological polar surface area (TPSA) is 14.1 Å². The summed E-state index contributed by atoms with van der Waals surface area (Å²) in [6.45, 7) is 2.13. The lowest BCUT2D eigenvalue weighted by atomic mass is 9.87. The summed E-state index contributed by atoms with van der Waals surface area (Å²) < 4.78 is 0. The SMILES string of the molecule is c1cc2c(cc1C1CC[N]C1)CCCC2. The van der Waals surface area contributed by atoms with Gasteiger partial charge in [-0.25, -0.2) is 5.32 Å². The standard InChI is InChI=1S/C14H18N/c1-2-4-12-9-13(6-5-11(12)3-1)14-7-8-15-10-14/h5-6,9,14H,1-4,7-8,10H2. The summed E-state index contributed by atoms with van der Waals surface area (Å²) in [5.74, 6) is 0.720. The Balaban J connectivity index is 1.89. The zero-order valence-corrected chi connectivity index (χ0v) is 9.21. The normalized spacial score (nSPS) is 25.2. The molecule has 0 amide bonds. The molecule has 1 heteroatoms. The van der Waals surface area contributed by atoms with E-state index in [1.807, 2.05) is 0 Å². The molecule has 3 rings (SSSR count). The predicted molar refractivity (Wildman–Crippen MR) is 62.3 cm³/mol. The minimum absolute atomic E-state index is 0.720. The lowest BCUT2D eigenvalue weighted by Crippen LogP contribution is -2.06. The second-order valence-corrected chi connectivity index (χ2v) is 4.85. The second-order valence-electron chi connectivity index (χ2n) is 4.85. The van der Waals surface area contributed by atoms with Crippen LogP contribution in [0.3, 0.4) is 0 Å². The van der Waals surface area contributed by atoms with Crippen molar-refractivity contribution in [2.75, 3.05) is 13.1 Å². The highest BCUT2D eigenvalue weighted by Crippen LogP contribution is 2.28. The molecule has 0 bridgehead atoms. The molecule has 15 heavy (non-hydrogen) atoms. The van der Waals surface area contributed by atoms with Gasteiger partial charge in [-0.15, -0.1) is 0 Å². The number of hydrogen-bond donors (Lipinski definition) is 0. The molecule has 0 aromatic heterocycles. The van der Waals surface area contributed by atoms with Gasteiger partial charge >= 0.3 is 0 Å². The molecule has 1 nitrogen and oxygen atoms in total. The first-order chi connectivity index (χ1) is 7.43. The van der Waals surface area contributed by atoms with Crippen molar-refractivity contribution in [3.63, 3.8) is 0 Å². The van der Waals surface area contributed by atoms with Crippen LogP contribution in [0.15, 0.2) is 18.2 Å². The van der Waals surface area contributed by atoms with E-state index in [-0.39, 0.29) is 0 Å². The highest BCUT2D eigenvalue weighted by Gasteiger charge is 2.19. The van der Waals surface area contributed by atoms with E-state index in [4.69, 9.17) is 0 Å². The fourth-order valence-electron chi connectivity index (χ4n) is 2.86. The van der Waals surface area contributed by atoms with Crippen molar-refractivity contribution in [3.8, 4) is 0 Å². The summed E-state index contributed by atoms with van der Waals surface area (Å²) >= 11 is 0. The van der Waals surface area contributed by atoms with Gasteiger partial charge in [0, 0.05) is 13.1 Å². The summed E-state index contributed by atoms with van der Waals surface area (Å²) in [6.07, 6.45) is 6.62. The number of nitrogens with zero attached hydrogens (tertiary/aromatic N) is 1. The molecule has 1 heterocycles. The highest BCUT2D eigenvalue weighted by molar-refractivity contribution is 5.35. The van der Waals surface area contributed by atoms with E-state index in [9.17, 15) is 0 Å². The molecule has 1 unspecified atom stereocenters. The Bertz CT molecular complexity index is 350. The van der Waals surface area contributed by atoms with Gasteiger partial charge < -0.3 is 0 Å². The van der Waals surface area contributed by atoms with Crippen molar-refractivity contribution in [1.29, 1.82) is 0 Å². The molecule has 79 valence electrons. The van der Waals surface area contributed by atoms with Crippen LogP contribution in [0.1, 0.15) is 41.9 Å². The molecule has 1 aliphatic heterocycles. The lowest BCUT2D eigenvalue weighted by Gasteiger charge is -2.18. The molecule has 1 aromatic carbocycles. The lowest BCUT2D eigenvalue weighted by molar-refractivity contribution is 0.679. The molecular weight excluding hydrogens is 182 g/mol. The molecular formula is C14H18N. The minimum Gasteiger partial charge on any atom is -0.241 e. The molecule has 1 saturated heterocycles. The molecule has 2 aliphatic rings. The highest BCUT2D eigenvalue weighted by atomic mass is 14.9. The van der Waals surface area contributed by atoms with Crippen LogP contribution in [0.25, 0.3) is 0 Å². The van der Waals surface area contributed by atoms with Crippen molar-refractivity contribution in [2.24, 2.45) is 0 Å². The van der Waals surface area contributed by atoms with E-state index >= 15 is 0 Å². The Labute approximate surface area is 91.9 Å². The van der Waals surface area contributed by atoms with Crippen LogP contribution in [-0.4, -0.2) is 13.1 Å². The molecule has 1 aliphatic carbocycles. The largest absolute Gasteiger partial charge is 0.241 e. The van der Waals surface area contributed by atoms with E-state index in [1.165, 1.54) is 37.7 Å². The van der Waals surface area contributed by atoms with E-state index in [0.717, 1.165) is 19.0 Å². The second kappa shape index (κ2) is 3.97. The van der Waals surface area contributed by atoms with Crippen LogP contribution in [0.4, 0.5) is 0 Å². The number of aryl methyl sites for hydroxylation is 2. The van der Waals surface area contributed by atoms with Crippen LogP contribution in [0.2, 0.25) is 0 Å². The van der Waals surface area contributed by atoms with Crippen molar-refractivity contribution >= 4 is 0 Å². The van der Waals surface area contributed by atoms with Gasteiger partial charge in [-0.3, -0.25) is 0 Å². The third kappa shape index (κ3) is 1.81. The Morgan fingerprint density at radius 1 is 1.07 bits per heavy atom. The monoisotopic (exact) mass is 200 g/mol. The van der Waals surface area contributed by atoms with Crippen LogP contribution < -0.4 is 5.32 Å². The molecule has 0 spiro atoms. The van der Waals surface area contributed by atoms with Crippen LogP contribution >= 0.6 is 0 Å². The Morgan fingerprint density at radius 3 is 2.73 bits per heavy atom. The van der Waals surface area contributed by atoms with Crippen LogP contribution in [-0.2, 0) is 12.8 Å². The molecule has 0 saturated carbocycles. The Morgan fingerprint density at radius 2 is 1.93 bits per heavy atom. The number of rotatable bonds is 1. The third-order valence-electron chi connectivity index (χ3n) is 3.83. The van der Waals surface area contributed by atoms with E-state index in [2.05, 4.69) is 23.5 Å². The Kier molecular flexibility index (Phi) is 2.49. The summed E-state index contributed by atoms with van der Waals surface area (Å²) in [7, 11) is 0.